The van der Waals surface area contributed by atoms with Gasteiger partial charge in [0.25, 0.3) is 0 Å². The van der Waals surface area contributed by atoms with E-state index in [2.05, 4.69) is 17.1 Å². The van der Waals surface area contributed by atoms with Crippen LogP contribution in [-0.2, 0) is 6.54 Å². The zero-order chi connectivity index (χ0) is 11.5. The second-order valence-electron chi connectivity index (χ2n) is 4.26. The summed E-state index contributed by atoms with van der Waals surface area (Å²) < 4.78 is 0. The Morgan fingerprint density at radius 1 is 1.41 bits per heavy atom. The summed E-state index contributed by atoms with van der Waals surface area (Å²) in [6, 6.07) is 6.20. The van der Waals surface area contributed by atoms with E-state index < -0.39 is 0 Å². The molecule has 1 aromatic rings. The van der Waals surface area contributed by atoms with Crippen LogP contribution in [-0.4, -0.2) is 30.6 Å². The van der Waals surface area contributed by atoms with Gasteiger partial charge in [-0.05, 0) is 30.7 Å². The van der Waals surface area contributed by atoms with Crippen molar-refractivity contribution in [1.82, 2.24) is 10.2 Å². The van der Waals surface area contributed by atoms with Crippen LogP contribution in [0, 0.1) is 0 Å². The zero-order valence-corrected chi connectivity index (χ0v) is 12.1. The monoisotopic (exact) mass is 294 g/mol. The first-order chi connectivity index (χ1) is 7.66. The van der Waals surface area contributed by atoms with E-state index in [0.717, 1.165) is 41.8 Å². The van der Waals surface area contributed by atoms with Crippen LogP contribution in [0.4, 0.5) is 0 Å². The minimum atomic E-state index is 0. The van der Waals surface area contributed by atoms with Crippen molar-refractivity contribution in [2.24, 2.45) is 0 Å². The second kappa shape index (κ2) is 6.81. The van der Waals surface area contributed by atoms with Crippen molar-refractivity contribution < 1.29 is 0 Å². The molecule has 1 fully saturated rings. The van der Waals surface area contributed by atoms with Crippen molar-refractivity contribution in [3.05, 3.63) is 33.8 Å². The standard InChI is InChI=1S/C12H16Cl2N2.ClH/c1-9-7-15-4-5-16(9)8-10-6-11(13)2-3-12(10)14;/h2-3,6,9,15H,4-5,7-8H2,1H3;1H/t9-;/m1./s1. The van der Waals surface area contributed by atoms with E-state index in [4.69, 9.17) is 23.2 Å². The highest BCUT2D eigenvalue weighted by atomic mass is 35.5. The number of piperazine rings is 1. The lowest BCUT2D eigenvalue weighted by atomic mass is 10.1. The normalized spacial score (nSPS) is 21.0. The summed E-state index contributed by atoms with van der Waals surface area (Å²) in [5.41, 5.74) is 1.11. The second-order valence-corrected chi connectivity index (χ2v) is 5.10. The Bertz CT molecular complexity index is 371. The van der Waals surface area contributed by atoms with Crippen LogP contribution in [0.1, 0.15) is 12.5 Å². The van der Waals surface area contributed by atoms with Gasteiger partial charge in [0.15, 0.2) is 0 Å². The maximum atomic E-state index is 6.16. The number of nitrogens with zero attached hydrogens (tertiary/aromatic N) is 1. The third kappa shape index (κ3) is 4.01. The largest absolute Gasteiger partial charge is 0.314 e. The van der Waals surface area contributed by atoms with Gasteiger partial charge in [0.1, 0.15) is 0 Å². The van der Waals surface area contributed by atoms with Gasteiger partial charge >= 0.3 is 0 Å². The molecule has 5 heteroatoms. The van der Waals surface area contributed by atoms with Gasteiger partial charge in [-0.1, -0.05) is 23.2 Å². The van der Waals surface area contributed by atoms with Gasteiger partial charge in [-0.15, -0.1) is 12.4 Å². The van der Waals surface area contributed by atoms with Crippen molar-refractivity contribution in [2.75, 3.05) is 19.6 Å². The van der Waals surface area contributed by atoms with Crippen molar-refractivity contribution >= 4 is 35.6 Å². The summed E-state index contributed by atoms with van der Waals surface area (Å²) in [4.78, 5) is 2.42. The van der Waals surface area contributed by atoms with E-state index in [1.807, 2.05) is 18.2 Å². The topological polar surface area (TPSA) is 15.3 Å². The molecule has 0 radical (unpaired) electrons. The molecular weight excluding hydrogens is 279 g/mol. The molecule has 0 aromatic heterocycles. The first-order valence-corrected chi connectivity index (χ1v) is 6.31. The van der Waals surface area contributed by atoms with Gasteiger partial charge in [-0.25, -0.2) is 0 Å². The van der Waals surface area contributed by atoms with Crippen molar-refractivity contribution in [1.29, 1.82) is 0 Å². The summed E-state index contributed by atoms with van der Waals surface area (Å²) >= 11 is 12.1. The average molecular weight is 296 g/mol. The molecule has 96 valence electrons. The molecule has 1 aliphatic rings. The van der Waals surface area contributed by atoms with E-state index in [-0.39, 0.29) is 12.4 Å². The van der Waals surface area contributed by atoms with Gasteiger partial charge in [0.2, 0.25) is 0 Å². The molecule has 0 amide bonds. The molecule has 17 heavy (non-hydrogen) atoms. The lowest BCUT2D eigenvalue weighted by Crippen LogP contribution is -2.49. The number of halogens is 3. The van der Waals surface area contributed by atoms with E-state index in [1.165, 1.54) is 0 Å². The van der Waals surface area contributed by atoms with E-state index >= 15 is 0 Å². The predicted molar refractivity (Wildman–Crippen MR) is 76.5 cm³/mol. The molecule has 0 bridgehead atoms. The van der Waals surface area contributed by atoms with Crippen molar-refractivity contribution in [3.8, 4) is 0 Å². The number of hydrogen-bond acceptors (Lipinski definition) is 2. The predicted octanol–water partition coefficient (Wildman–Crippen LogP) is 3.21. The van der Waals surface area contributed by atoms with E-state index in [9.17, 15) is 0 Å². The van der Waals surface area contributed by atoms with Gasteiger partial charge in [0.05, 0.1) is 0 Å². The molecule has 1 aliphatic heterocycles. The smallest absolute Gasteiger partial charge is 0.0452 e. The Morgan fingerprint density at radius 2 is 2.18 bits per heavy atom. The highest BCUT2D eigenvalue weighted by Crippen LogP contribution is 2.23. The zero-order valence-electron chi connectivity index (χ0n) is 9.75. The highest BCUT2D eigenvalue weighted by molar-refractivity contribution is 6.33. The maximum absolute atomic E-state index is 6.16. The molecule has 1 saturated heterocycles. The molecule has 1 heterocycles. The summed E-state index contributed by atoms with van der Waals surface area (Å²) in [7, 11) is 0. The fraction of sp³-hybridized carbons (Fsp3) is 0.500. The lowest BCUT2D eigenvalue weighted by molar-refractivity contribution is 0.165. The van der Waals surface area contributed by atoms with E-state index in [1.54, 1.807) is 0 Å². The number of benzene rings is 1. The molecule has 1 aromatic carbocycles. The quantitative estimate of drug-likeness (QED) is 0.901. The SMILES string of the molecule is C[C@@H]1CNCCN1Cc1cc(Cl)ccc1Cl.Cl. The fourth-order valence-electron chi connectivity index (χ4n) is 2.00. The summed E-state index contributed by atoms with van der Waals surface area (Å²) in [6.07, 6.45) is 0. The minimum Gasteiger partial charge on any atom is -0.314 e. The Morgan fingerprint density at radius 3 is 2.88 bits per heavy atom. The van der Waals surface area contributed by atoms with Crippen LogP contribution >= 0.6 is 35.6 Å². The Hall–Kier alpha value is 0.01000. The molecule has 0 unspecified atom stereocenters. The number of nitrogens with one attached hydrogen (secondary N) is 1. The Kier molecular flexibility index (Phi) is 6.04. The molecule has 0 aliphatic carbocycles. The Balaban J connectivity index is 0.00000144. The molecule has 1 atom stereocenters. The maximum Gasteiger partial charge on any atom is 0.0452 e. The highest BCUT2D eigenvalue weighted by Gasteiger charge is 2.18. The summed E-state index contributed by atoms with van der Waals surface area (Å²) in [5, 5.41) is 4.93. The van der Waals surface area contributed by atoms with Gasteiger partial charge in [-0.2, -0.15) is 0 Å². The third-order valence-electron chi connectivity index (χ3n) is 3.02. The lowest BCUT2D eigenvalue weighted by Gasteiger charge is -2.34. The average Bonchev–Trinajstić information content (AvgIpc) is 2.27. The first kappa shape index (κ1) is 15.1. The summed E-state index contributed by atoms with van der Waals surface area (Å²) in [5.74, 6) is 0. The number of rotatable bonds is 2. The van der Waals surface area contributed by atoms with Crippen LogP contribution in [0.15, 0.2) is 18.2 Å². The van der Waals surface area contributed by atoms with Gasteiger partial charge < -0.3 is 5.32 Å². The molecular formula is C12H17Cl3N2. The molecule has 1 N–H and O–H groups in total. The Labute approximate surface area is 119 Å². The van der Waals surface area contributed by atoms with Crippen molar-refractivity contribution in [2.45, 2.75) is 19.5 Å². The van der Waals surface area contributed by atoms with Crippen molar-refractivity contribution in [3.63, 3.8) is 0 Å². The first-order valence-electron chi connectivity index (χ1n) is 5.55. The van der Waals surface area contributed by atoms with Gasteiger partial charge in [0, 0.05) is 42.3 Å². The van der Waals surface area contributed by atoms with Crippen LogP contribution < -0.4 is 5.32 Å². The molecule has 2 rings (SSSR count). The van der Waals surface area contributed by atoms with Gasteiger partial charge in [-0.3, -0.25) is 4.90 Å². The van der Waals surface area contributed by atoms with Crippen LogP contribution in [0.3, 0.4) is 0 Å². The van der Waals surface area contributed by atoms with Crippen LogP contribution in [0.2, 0.25) is 10.0 Å². The fourth-order valence-corrected chi connectivity index (χ4v) is 2.37. The molecule has 2 nitrogen and oxygen atoms in total. The third-order valence-corrected chi connectivity index (χ3v) is 3.62. The van der Waals surface area contributed by atoms with E-state index in [0.29, 0.717) is 6.04 Å². The summed E-state index contributed by atoms with van der Waals surface area (Å²) in [6.45, 7) is 6.25. The number of hydrogen-bond donors (Lipinski definition) is 1. The van der Waals surface area contributed by atoms with Crippen LogP contribution in [0.25, 0.3) is 0 Å². The molecule has 0 spiro atoms. The minimum absolute atomic E-state index is 0. The molecule has 0 saturated carbocycles. The van der Waals surface area contributed by atoms with Crippen LogP contribution in [0.5, 0.6) is 0 Å².